The fraction of sp³-hybridized carbons (Fsp3) is 0.192. The summed E-state index contributed by atoms with van der Waals surface area (Å²) in [6.07, 6.45) is -2.75. The minimum absolute atomic E-state index is 0.164. The van der Waals surface area contributed by atoms with E-state index in [9.17, 15) is 13.2 Å². The van der Waals surface area contributed by atoms with Crippen LogP contribution in [0.15, 0.2) is 42.6 Å². The van der Waals surface area contributed by atoms with Gasteiger partial charge in [-0.25, -0.2) is 8.96 Å². The zero-order chi connectivity index (χ0) is 22.7. The summed E-state index contributed by atoms with van der Waals surface area (Å²) in [5.74, 6) is -0.322. The van der Waals surface area contributed by atoms with Crippen LogP contribution in [-0.2, 0) is 13.2 Å². The van der Waals surface area contributed by atoms with Gasteiger partial charge in [0.15, 0.2) is 6.20 Å². The van der Waals surface area contributed by atoms with Crippen molar-refractivity contribution in [2.24, 2.45) is 7.05 Å². The first-order chi connectivity index (χ1) is 15.1. The third-order valence-electron chi connectivity index (χ3n) is 6.99. The minimum Gasteiger partial charge on any atom is -0.307 e. The van der Waals surface area contributed by atoms with Gasteiger partial charge in [-0.1, -0.05) is 18.2 Å². The molecule has 3 aromatic heterocycles. The number of halogens is 4. The normalized spacial score (nSPS) is 13.0. The molecule has 0 spiro atoms. The second-order valence-corrected chi connectivity index (χ2v) is 8.65. The van der Waals surface area contributed by atoms with Crippen LogP contribution >= 0.6 is 0 Å². The summed E-state index contributed by atoms with van der Waals surface area (Å²) in [7, 11) is 1.88. The van der Waals surface area contributed by atoms with E-state index in [0.29, 0.717) is 38.4 Å². The van der Waals surface area contributed by atoms with Crippen molar-refractivity contribution in [1.82, 2.24) is 4.40 Å². The monoisotopic (exact) mass is 435 g/mol. The Morgan fingerprint density at radius 2 is 1.56 bits per heavy atom. The van der Waals surface area contributed by atoms with Crippen molar-refractivity contribution < 1.29 is 22.1 Å². The fourth-order valence-corrected chi connectivity index (χ4v) is 5.44. The van der Waals surface area contributed by atoms with Crippen molar-refractivity contribution in [3.8, 4) is 0 Å². The Labute approximate surface area is 180 Å². The largest absolute Gasteiger partial charge is 0.417 e. The van der Waals surface area contributed by atoms with Gasteiger partial charge in [-0.3, -0.25) is 0 Å². The highest BCUT2D eigenvalue weighted by Crippen LogP contribution is 2.47. The third-order valence-corrected chi connectivity index (χ3v) is 6.99. The van der Waals surface area contributed by atoms with Gasteiger partial charge in [-0.05, 0) is 49.4 Å². The Balaban J connectivity index is 2.16. The number of alkyl halides is 3. The Kier molecular flexibility index (Phi) is 3.55. The van der Waals surface area contributed by atoms with Gasteiger partial charge < -0.3 is 4.40 Å². The molecule has 0 aliphatic heterocycles. The maximum atomic E-state index is 15.3. The Bertz CT molecular complexity index is 1760. The first kappa shape index (κ1) is 19.3. The molecule has 6 rings (SSSR count). The molecule has 0 bridgehead atoms. The number of aromatic nitrogens is 2. The number of hydrogen-bond donors (Lipinski definition) is 0. The smallest absolute Gasteiger partial charge is 0.307 e. The first-order valence-electron chi connectivity index (χ1n) is 10.4. The summed E-state index contributed by atoms with van der Waals surface area (Å²) in [6, 6.07) is 10.1. The van der Waals surface area contributed by atoms with Crippen LogP contribution in [0, 0.1) is 26.6 Å². The predicted octanol–water partition coefficient (Wildman–Crippen LogP) is 6.90. The SMILES string of the molecule is Cc1c(F)c(C)c2c(c1C)c1c3c(cc[n+]1C)cc(C(F)(F)F)c1c4ccccc4n2c13. The maximum Gasteiger partial charge on any atom is 0.417 e. The molecule has 0 aliphatic rings. The van der Waals surface area contributed by atoms with E-state index in [-0.39, 0.29) is 11.2 Å². The lowest BCUT2D eigenvalue weighted by molar-refractivity contribution is -0.643. The Morgan fingerprint density at radius 3 is 2.28 bits per heavy atom. The molecule has 2 nitrogen and oxygen atoms in total. The average Bonchev–Trinajstić information content (AvgIpc) is 3.10. The van der Waals surface area contributed by atoms with E-state index in [2.05, 4.69) is 0 Å². The number of aryl methyl sites for hydroxylation is 3. The molecule has 0 aliphatic carbocycles. The predicted molar refractivity (Wildman–Crippen MR) is 119 cm³/mol. The van der Waals surface area contributed by atoms with Crippen LogP contribution in [0.4, 0.5) is 17.6 Å². The van der Waals surface area contributed by atoms with Crippen molar-refractivity contribution in [3.05, 3.63) is 70.7 Å². The van der Waals surface area contributed by atoms with Gasteiger partial charge in [0.2, 0.25) is 5.52 Å². The Morgan fingerprint density at radius 1 is 0.844 bits per heavy atom. The number of para-hydroxylation sites is 1. The summed E-state index contributed by atoms with van der Waals surface area (Å²) in [5, 5.41) is 2.82. The topological polar surface area (TPSA) is 8.29 Å². The lowest BCUT2D eigenvalue weighted by Crippen LogP contribution is -2.29. The van der Waals surface area contributed by atoms with Crippen LogP contribution in [0.2, 0.25) is 0 Å². The van der Waals surface area contributed by atoms with Crippen LogP contribution in [-0.4, -0.2) is 4.40 Å². The molecule has 0 fully saturated rings. The summed E-state index contributed by atoms with van der Waals surface area (Å²) < 4.78 is 61.9. The summed E-state index contributed by atoms with van der Waals surface area (Å²) in [5.41, 5.74) is 3.68. The van der Waals surface area contributed by atoms with Crippen molar-refractivity contribution in [2.45, 2.75) is 26.9 Å². The summed E-state index contributed by atoms with van der Waals surface area (Å²) >= 11 is 0. The molecule has 0 saturated carbocycles. The van der Waals surface area contributed by atoms with Crippen LogP contribution in [0.3, 0.4) is 0 Å². The van der Waals surface area contributed by atoms with Gasteiger partial charge in [-0.15, -0.1) is 0 Å². The van der Waals surface area contributed by atoms with Crippen molar-refractivity contribution >= 4 is 49.0 Å². The fourth-order valence-electron chi connectivity index (χ4n) is 5.44. The highest BCUT2D eigenvalue weighted by Gasteiger charge is 2.37. The molecule has 6 heteroatoms. The van der Waals surface area contributed by atoms with Gasteiger partial charge >= 0.3 is 6.18 Å². The van der Waals surface area contributed by atoms with E-state index in [4.69, 9.17) is 0 Å². The van der Waals surface area contributed by atoms with E-state index in [1.807, 2.05) is 35.1 Å². The van der Waals surface area contributed by atoms with Crippen molar-refractivity contribution in [1.29, 1.82) is 0 Å². The van der Waals surface area contributed by atoms with E-state index < -0.39 is 11.7 Å². The van der Waals surface area contributed by atoms with Gasteiger partial charge in [0.25, 0.3) is 0 Å². The molecule has 0 unspecified atom stereocenters. The zero-order valence-corrected chi connectivity index (χ0v) is 17.9. The van der Waals surface area contributed by atoms with E-state index in [0.717, 1.165) is 21.9 Å². The number of hydrogen-bond acceptors (Lipinski definition) is 0. The second-order valence-electron chi connectivity index (χ2n) is 8.65. The molecule has 32 heavy (non-hydrogen) atoms. The van der Waals surface area contributed by atoms with Crippen LogP contribution < -0.4 is 4.57 Å². The Hall–Kier alpha value is -3.41. The van der Waals surface area contributed by atoms with Crippen LogP contribution in [0.25, 0.3) is 49.0 Å². The van der Waals surface area contributed by atoms with E-state index in [1.165, 1.54) is 6.07 Å². The number of pyridine rings is 2. The number of benzene rings is 3. The average molecular weight is 435 g/mol. The number of fused-ring (bicyclic) bond motifs is 6. The van der Waals surface area contributed by atoms with Crippen LogP contribution in [0.5, 0.6) is 0 Å². The number of rotatable bonds is 0. The molecule has 0 atom stereocenters. The minimum atomic E-state index is -4.52. The maximum absolute atomic E-state index is 15.3. The highest BCUT2D eigenvalue weighted by molar-refractivity contribution is 6.28. The quantitative estimate of drug-likeness (QED) is 0.106. The van der Waals surface area contributed by atoms with E-state index >= 15 is 4.39 Å². The van der Waals surface area contributed by atoms with Crippen LogP contribution in [0.1, 0.15) is 22.3 Å². The molecule has 160 valence electrons. The molecule has 3 heterocycles. The highest BCUT2D eigenvalue weighted by atomic mass is 19.4. The van der Waals surface area contributed by atoms with Gasteiger partial charge in [0.1, 0.15) is 12.9 Å². The second kappa shape index (κ2) is 5.88. The lowest BCUT2D eigenvalue weighted by atomic mass is 9.93. The molecule has 0 amide bonds. The number of nitrogens with zero attached hydrogens (tertiary/aromatic N) is 2. The third kappa shape index (κ3) is 2.12. The zero-order valence-electron chi connectivity index (χ0n) is 17.9. The van der Waals surface area contributed by atoms with E-state index in [1.54, 1.807) is 38.2 Å². The molecule has 6 aromatic rings. The first-order valence-corrected chi connectivity index (χ1v) is 10.4. The summed E-state index contributed by atoms with van der Waals surface area (Å²) in [6.45, 7) is 5.34. The summed E-state index contributed by atoms with van der Waals surface area (Å²) in [4.78, 5) is 0. The molecule has 0 radical (unpaired) electrons. The molecule has 0 N–H and O–H groups in total. The van der Waals surface area contributed by atoms with Crippen molar-refractivity contribution in [2.75, 3.05) is 0 Å². The lowest BCUT2D eigenvalue weighted by Gasteiger charge is -2.18. The standard InChI is InChI=1S/C26H19F4N2/c1-12-13(2)22(27)14(3)23-19(12)24-20-15(9-10-31(24)4)11-17(26(28,29)30)21-16-7-5-6-8-18(16)32(23)25(20)21/h5-11H,1-4H3/q+1. The molecular formula is C26H19F4N2+. The van der Waals surface area contributed by atoms with Gasteiger partial charge in [-0.2, -0.15) is 13.2 Å². The molecule has 0 saturated heterocycles. The van der Waals surface area contributed by atoms with Gasteiger partial charge in [0.05, 0.1) is 32.9 Å². The molecule has 3 aromatic carbocycles. The van der Waals surface area contributed by atoms with Gasteiger partial charge in [0, 0.05) is 22.4 Å². The molecular weight excluding hydrogens is 416 g/mol. The van der Waals surface area contributed by atoms with Crippen molar-refractivity contribution in [3.63, 3.8) is 0 Å².